The molecule has 3 aliphatic rings. The number of nitrogens with one attached hydrogen (secondary N) is 1. The van der Waals surface area contributed by atoms with Crippen molar-refractivity contribution < 1.29 is 9.90 Å². The van der Waals surface area contributed by atoms with E-state index < -0.39 is 5.97 Å². The summed E-state index contributed by atoms with van der Waals surface area (Å²) in [5.41, 5.74) is 0. The third-order valence-corrected chi connectivity index (χ3v) is 7.46. The number of rotatable bonds is 2. The molecule has 6 atom stereocenters. The molecule has 126 valence electrons. The van der Waals surface area contributed by atoms with Gasteiger partial charge in [0.1, 0.15) is 0 Å². The van der Waals surface area contributed by atoms with Crippen LogP contribution in [0.3, 0.4) is 0 Å². The second-order valence-electron chi connectivity index (χ2n) is 7.24. The fourth-order valence-electron chi connectivity index (χ4n) is 4.66. The second-order valence-corrected chi connectivity index (χ2v) is 8.98. The van der Waals surface area contributed by atoms with Gasteiger partial charge in [0.15, 0.2) is 0 Å². The van der Waals surface area contributed by atoms with Gasteiger partial charge < -0.3 is 10.4 Å². The number of carboxylic acid groups (broad SMARTS) is 1. The fourth-order valence-corrected chi connectivity index (χ4v) is 5.51. The van der Waals surface area contributed by atoms with Crippen molar-refractivity contribution in [3.63, 3.8) is 0 Å². The van der Waals surface area contributed by atoms with E-state index in [1.807, 2.05) is 0 Å². The van der Waals surface area contributed by atoms with Crippen LogP contribution in [0.2, 0.25) is 0 Å². The standard InChI is InChI=1S/C16H24Cl3NO2/c17-9-3-1-8(2-4-9)14-6-11(16(21)22)10-5-12(18)13(19)7-15(10)20-14/h8-15,20H,1-7H2,(H,21,22). The molecule has 0 spiro atoms. The molecule has 0 aromatic rings. The maximum absolute atomic E-state index is 11.8. The number of hydrogen-bond donors (Lipinski definition) is 2. The Morgan fingerprint density at radius 1 is 0.909 bits per heavy atom. The van der Waals surface area contributed by atoms with E-state index in [2.05, 4.69) is 5.32 Å². The number of carboxylic acids is 1. The number of halogens is 3. The highest BCUT2D eigenvalue weighted by molar-refractivity contribution is 6.30. The number of carbonyl (C=O) groups is 1. The molecule has 3 rings (SSSR count). The molecule has 22 heavy (non-hydrogen) atoms. The predicted octanol–water partition coefficient (Wildman–Crippen LogP) is 3.84. The van der Waals surface area contributed by atoms with Crippen molar-refractivity contribution in [2.75, 3.05) is 0 Å². The molecule has 0 bridgehead atoms. The zero-order valence-corrected chi connectivity index (χ0v) is 14.8. The molecule has 3 nitrogen and oxygen atoms in total. The molecule has 1 aliphatic heterocycles. The normalized spacial score (nSPS) is 49.4. The topological polar surface area (TPSA) is 49.3 Å². The Morgan fingerprint density at radius 2 is 1.55 bits per heavy atom. The van der Waals surface area contributed by atoms with Gasteiger partial charge in [-0.2, -0.15) is 0 Å². The smallest absolute Gasteiger partial charge is 0.306 e. The first kappa shape index (κ1) is 17.1. The number of fused-ring (bicyclic) bond motifs is 1. The van der Waals surface area contributed by atoms with E-state index >= 15 is 0 Å². The third kappa shape index (κ3) is 3.53. The molecule has 2 aliphatic carbocycles. The van der Waals surface area contributed by atoms with E-state index in [9.17, 15) is 9.90 Å². The molecule has 1 heterocycles. The van der Waals surface area contributed by atoms with Crippen molar-refractivity contribution in [3.8, 4) is 0 Å². The zero-order chi connectivity index (χ0) is 15.9. The van der Waals surface area contributed by atoms with Gasteiger partial charge in [-0.25, -0.2) is 0 Å². The highest BCUT2D eigenvalue weighted by Crippen LogP contribution is 2.43. The minimum absolute atomic E-state index is 0.0674. The van der Waals surface area contributed by atoms with E-state index in [0.717, 1.165) is 32.1 Å². The van der Waals surface area contributed by atoms with E-state index in [1.165, 1.54) is 0 Å². The third-order valence-electron chi connectivity index (χ3n) is 5.93. The first-order valence-corrected chi connectivity index (χ1v) is 9.67. The van der Waals surface area contributed by atoms with Gasteiger partial charge in [-0.15, -0.1) is 34.8 Å². The summed E-state index contributed by atoms with van der Waals surface area (Å²) in [6.45, 7) is 0. The van der Waals surface area contributed by atoms with E-state index in [-0.39, 0.29) is 34.7 Å². The molecule has 0 amide bonds. The molecule has 3 fully saturated rings. The first-order valence-electron chi connectivity index (χ1n) is 8.36. The van der Waals surface area contributed by atoms with E-state index in [1.54, 1.807) is 0 Å². The van der Waals surface area contributed by atoms with Crippen LogP contribution in [0.15, 0.2) is 0 Å². The maximum atomic E-state index is 11.8. The van der Waals surface area contributed by atoms with Crippen LogP contribution in [-0.2, 0) is 4.79 Å². The van der Waals surface area contributed by atoms with Gasteiger partial charge in [-0.05, 0) is 56.8 Å². The Kier molecular flexibility index (Phi) is 5.49. The van der Waals surface area contributed by atoms with Crippen molar-refractivity contribution in [2.24, 2.45) is 17.8 Å². The van der Waals surface area contributed by atoms with Crippen LogP contribution in [0.25, 0.3) is 0 Å². The number of aliphatic carboxylic acids is 1. The number of piperidine rings is 1. The van der Waals surface area contributed by atoms with E-state index in [0.29, 0.717) is 24.1 Å². The van der Waals surface area contributed by atoms with E-state index in [4.69, 9.17) is 34.8 Å². The molecule has 6 heteroatoms. The van der Waals surface area contributed by atoms with Gasteiger partial charge in [0.25, 0.3) is 0 Å². The Hall–Kier alpha value is 0.300. The highest BCUT2D eigenvalue weighted by Gasteiger charge is 2.47. The molecule has 2 N–H and O–H groups in total. The van der Waals surface area contributed by atoms with Gasteiger partial charge in [0.05, 0.1) is 16.7 Å². The molecular formula is C16H24Cl3NO2. The van der Waals surface area contributed by atoms with Gasteiger partial charge in [0, 0.05) is 17.5 Å². The largest absolute Gasteiger partial charge is 0.481 e. The summed E-state index contributed by atoms with van der Waals surface area (Å²) in [6.07, 6.45) is 6.45. The van der Waals surface area contributed by atoms with Crippen LogP contribution in [0.5, 0.6) is 0 Å². The quantitative estimate of drug-likeness (QED) is 0.728. The SMILES string of the molecule is O=C(O)C1CC(C2CCC(Cl)CC2)NC2CC(Cl)C(Cl)CC21. The van der Waals surface area contributed by atoms with Crippen LogP contribution in [0, 0.1) is 17.8 Å². The Balaban J connectivity index is 1.72. The minimum atomic E-state index is -0.676. The summed E-state index contributed by atoms with van der Waals surface area (Å²) in [7, 11) is 0. The van der Waals surface area contributed by atoms with Gasteiger partial charge >= 0.3 is 5.97 Å². The Bertz CT molecular complexity index is 414. The average molecular weight is 369 g/mol. The van der Waals surface area contributed by atoms with Crippen molar-refractivity contribution in [1.29, 1.82) is 0 Å². The highest BCUT2D eigenvalue weighted by atomic mass is 35.5. The van der Waals surface area contributed by atoms with Crippen LogP contribution < -0.4 is 5.32 Å². The second kappa shape index (κ2) is 7.04. The lowest BCUT2D eigenvalue weighted by atomic mass is 9.67. The lowest BCUT2D eigenvalue weighted by Crippen LogP contribution is -2.59. The lowest BCUT2D eigenvalue weighted by Gasteiger charge is -2.49. The average Bonchev–Trinajstić information content (AvgIpc) is 2.48. The number of hydrogen-bond acceptors (Lipinski definition) is 2. The molecule has 0 aromatic carbocycles. The zero-order valence-electron chi connectivity index (χ0n) is 12.6. The van der Waals surface area contributed by atoms with Crippen molar-refractivity contribution in [1.82, 2.24) is 5.32 Å². The molecule has 0 radical (unpaired) electrons. The molecular weight excluding hydrogens is 345 g/mol. The summed E-state index contributed by atoms with van der Waals surface area (Å²) < 4.78 is 0. The lowest BCUT2D eigenvalue weighted by molar-refractivity contribution is -0.147. The number of alkyl halides is 3. The van der Waals surface area contributed by atoms with Crippen LogP contribution in [0.4, 0.5) is 0 Å². The molecule has 0 aromatic heterocycles. The Labute approximate surface area is 147 Å². The first-order chi connectivity index (χ1) is 10.5. The van der Waals surface area contributed by atoms with Gasteiger partial charge in [0.2, 0.25) is 0 Å². The predicted molar refractivity (Wildman–Crippen MR) is 90.1 cm³/mol. The monoisotopic (exact) mass is 367 g/mol. The van der Waals surface area contributed by atoms with Crippen molar-refractivity contribution in [2.45, 2.75) is 73.2 Å². The fraction of sp³-hybridized carbons (Fsp3) is 0.938. The van der Waals surface area contributed by atoms with Crippen LogP contribution in [0.1, 0.15) is 44.9 Å². The molecule has 2 saturated carbocycles. The molecule has 1 saturated heterocycles. The maximum Gasteiger partial charge on any atom is 0.306 e. The summed E-state index contributed by atoms with van der Waals surface area (Å²) in [5.74, 6) is -0.323. The summed E-state index contributed by atoms with van der Waals surface area (Å²) in [4.78, 5) is 11.8. The molecule has 6 unspecified atom stereocenters. The Morgan fingerprint density at radius 3 is 2.18 bits per heavy atom. The van der Waals surface area contributed by atoms with Gasteiger partial charge in [-0.1, -0.05) is 0 Å². The minimum Gasteiger partial charge on any atom is -0.481 e. The summed E-state index contributed by atoms with van der Waals surface area (Å²) >= 11 is 18.8. The van der Waals surface area contributed by atoms with Crippen LogP contribution >= 0.6 is 34.8 Å². The van der Waals surface area contributed by atoms with Gasteiger partial charge in [-0.3, -0.25) is 4.79 Å². The van der Waals surface area contributed by atoms with Crippen molar-refractivity contribution in [3.05, 3.63) is 0 Å². The van der Waals surface area contributed by atoms with Crippen LogP contribution in [-0.4, -0.2) is 39.3 Å². The summed E-state index contributed by atoms with van der Waals surface area (Å²) in [6, 6.07) is 0.466. The van der Waals surface area contributed by atoms with Crippen molar-refractivity contribution >= 4 is 40.8 Å². The summed E-state index contributed by atoms with van der Waals surface area (Å²) in [5, 5.41) is 13.5.